The number of anilines is 6. The van der Waals surface area contributed by atoms with E-state index in [0.29, 0.717) is 23.7 Å². The number of benzene rings is 9. The first-order valence-corrected chi connectivity index (χ1v) is 24.5. The Morgan fingerprint density at radius 3 is 1.06 bits per heavy atom. The van der Waals surface area contributed by atoms with Crippen LogP contribution in [-0.4, -0.2) is 0 Å². The van der Waals surface area contributed by atoms with E-state index in [1.807, 2.05) is 0 Å². The summed E-state index contributed by atoms with van der Waals surface area (Å²) in [5, 5.41) is 8.85. The maximum atomic E-state index is 6.77. The molecule has 0 radical (unpaired) electrons. The summed E-state index contributed by atoms with van der Waals surface area (Å²) in [6.45, 7) is 22.5. The van der Waals surface area contributed by atoms with Crippen LogP contribution in [0.2, 0.25) is 0 Å². The van der Waals surface area contributed by atoms with E-state index in [2.05, 4.69) is 237 Å². The van der Waals surface area contributed by atoms with Crippen molar-refractivity contribution in [2.45, 2.75) is 92.9 Å². The molecule has 0 atom stereocenters. The van der Waals surface area contributed by atoms with Crippen LogP contribution in [0.5, 0.6) is 0 Å². The van der Waals surface area contributed by atoms with Gasteiger partial charge in [-0.1, -0.05) is 116 Å². The number of nitrogens with zero attached hydrogens (tertiary/aromatic N) is 2. The van der Waals surface area contributed by atoms with Crippen molar-refractivity contribution in [2.75, 3.05) is 9.80 Å². The zero-order valence-corrected chi connectivity index (χ0v) is 41.0. The van der Waals surface area contributed by atoms with Gasteiger partial charge in [-0.2, -0.15) is 0 Å². The molecule has 0 N–H and O–H groups in total. The van der Waals surface area contributed by atoms with E-state index in [9.17, 15) is 0 Å². The summed E-state index contributed by atoms with van der Waals surface area (Å²) in [6.07, 6.45) is 0. The molecule has 0 saturated heterocycles. The van der Waals surface area contributed by atoms with Crippen molar-refractivity contribution < 1.29 is 8.83 Å². The fraction of sp³-hybridized carbons (Fsp3) is 0.219. The lowest BCUT2D eigenvalue weighted by Gasteiger charge is -2.29. The van der Waals surface area contributed by atoms with Gasteiger partial charge in [-0.15, -0.1) is 0 Å². The third-order valence-corrected chi connectivity index (χ3v) is 14.3. The predicted octanol–water partition coefficient (Wildman–Crippen LogP) is 19.8. The molecule has 2 heterocycles. The second-order valence-electron chi connectivity index (χ2n) is 20.4. The van der Waals surface area contributed by atoms with Gasteiger partial charge in [0, 0.05) is 55.7 Å². The topological polar surface area (TPSA) is 32.8 Å². The fourth-order valence-corrected chi connectivity index (χ4v) is 10.1. The maximum absolute atomic E-state index is 6.77. The van der Waals surface area contributed by atoms with E-state index >= 15 is 0 Å². The van der Waals surface area contributed by atoms with Crippen molar-refractivity contribution in [2.24, 2.45) is 0 Å². The fourth-order valence-electron chi connectivity index (χ4n) is 10.1. The van der Waals surface area contributed by atoms with E-state index in [4.69, 9.17) is 8.83 Å². The molecule has 4 nitrogen and oxygen atoms in total. The summed E-state index contributed by atoms with van der Waals surface area (Å²) < 4.78 is 13.5. The third kappa shape index (κ3) is 7.57. The quantitative estimate of drug-likeness (QED) is 0.137. The standard InChI is InChI=1S/C64H60N2O2/c1-37(2)43-13-11-15-51(25-43)65(59-31-45(39(5)6)19-17-41(59)9)53-23-21-47-29-55-57-35-64-58(36-63(57)67-61(55)33-49(47)27-53)56-30-48-22-24-54(28-50(48)34-62(56)68-64)66(52-16-12-14-44(26-52)38(3)4)60-32-46(40(7)8)20-18-42(60)10/h11-40H,1-10H3. The highest BCUT2D eigenvalue weighted by Crippen LogP contribution is 2.45. The van der Waals surface area contributed by atoms with Gasteiger partial charge in [0.1, 0.15) is 22.3 Å². The summed E-state index contributed by atoms with van der Waals surface area (Å²) >= 11 is 0. The first-order chi connectivity index (χ1) is 32.8. The molecular weight excluding hydrogens is 829 g/mol. The van der Waals surface area contributed by atoms with Crippen LogP contribution < -0.4 is 9.80 Å². The Labute approximate surface area is 400 Å². The first-order valence-electron chi connectivity index (χ1n) is 24.5. The summed E-state index contributed by atoms with van der Waals surface area (Å²) in [6, 6.07) is 58.8. The van der Waals surface area contributed by atoms with Gasteiger partial charge < -0.3 is 18.6 Å². The van der Waals surface area contributed by atoms with Crippen molar-refractivity contribution in [3.63, 3.8) is 0 Å². The van der Waals surface area contributed by atoms with E-state index in [1.165, 1.54) is 44.8 Å². The first kappa shape index (κ1) is 43.3. The SMILES string of the molecule is Cc1ccc(C(C)C)cc1N(c1cccc(C(C)C)c1)c1ccc2cc3c(cc2c1)oc1cc2c(cc13)oc1cc3cc(N(c4cccc(C(C)C)c4)c4cc(C(C)C)ccc4C)ccc3cc12. The molecule has 0 saturated carbocycles. The molecule has 0 aliphatic carbocycles. The molecule has 4 heteroatoms. The highest BCUT2D eigenvalue weighted by molar-refractivity contribution is 6.18. The molecule has 0 aliphatic heterocycles. The molecule has 11 aromatic rings. The van der Waals surface area contributed by atoms with Crippen LogP contribution in [0.15, 0.2) is 167 Å². The molecule has 11 rings (SSSR count). The summed E-state index contributed by atoms with van der Waals surface area (Å²) in [5.41, 5.74) is 18.1. The molecule has 0 bridgehead atoms. The largest absolute Gasteiger partial charge is 0.456 e. The Kier molecular flexibility index (Phi) is 10.7. The normalized spacial score (nSPS) is 12.2. The Hall–Kier alpha value is -7.30. The number of aryl methyl sites for hydroxylation is 2. The van der Waals surface area contributed by atoms with E-state index < -0.39 is 0 Å². The third-order valence-electron chi connectivity index (χ3n) is 14.3. The smallest absolute Gasteiger partial charge is 0.136 e. The molecule has 0 unspecified atom stereocenters. The second kappa shape index (κ2) is 16.8. The minimum Gasteiger partial charge on any atom is -0.456 e. The van der Waals surface area contributed by atoms with Gasteiger partial charge in [-0.25, -0.2) is 0 Å². The lowest BCUT2D eigenvalue weighted by Crippen LogP contribution is -2.12. The molecule has 68 heavy (non-hydrogen) atoms. The van der Waals surface area contributed by atoms with Gasteiger partial charge in [-0.3, -0.25) is 0 Å². The van der Waals surface area contributed by atoms with Crippen molar-refractivity contribution in [1.29, 1.82) is 0 Å². The minimum atomic E-state index is 0.419. The molecular formula is C64H60N2O2. The molecule has 2 aromatic heterocycles. The number of hydrogen-bond acceptors (Lipinski definition) is 4. The van der Waals surface area contributed by atoms with Gasteiger partial charge in [0.15, 0.2) is 0 Å². The maximum Gasteiger partial charge on any atom is 0.136 e. The number of furan rings is 2. The van der Waals surface area contributed by atoms with Crippen molar-refractivity contribution in [1.82, 2.24) is 0 Å². The van der Waals surface area contributed by atoms with Crippen molar-refractivity contribution >= 4 is 99.5 Å². The number of fused-ring (bicyclic) bond motifs is 8. The molecule has 0 amide bonds. The lowest BCUT2D eigenvalue weighted by molar-refractivity contribution is 0.664. The van der Waals surface area contributed by atoms with Gasteiger partial charge in [0.05, 0.1) is 0 Å². The average molecular weight is 889 g/mol. The molecule has 0 fully saturated rings. The zero-order chi connectivity index (χ0) is 47.1. The van der Waals surface area contributed by atoms with Gasteiger partial charge >= 0.3 is 0 Å². The Balaban J connectivity index is 1.00. The van der Waals surface area contributed by atoms with E-state index in [0.717, 1.165) is 88.2 Å². The van der Waals surface area contributed by atoms with Crippen LogP contribution in [0, 0.1) is 13.8 Å². The van der Waals surface area contributed by atoms with Crippen LogP contribution in [0.3, 0.4) is 0 Å². The zero-order valence-electron chi connectivity index (χ0n) is 41.0. The Morgan fingerprint density at radius 2 is 0.662 bits per heavy atom. The van der Waals surface area contributed by atoms with Crippen LogP contribution in [0.1, 0.15) is 112 Å². The molecule has 0 aliphatic rings. The number of hydrogen-bond donors (Lipinski definition) is 0. The van der Waals surface area contributed by atoms with Gasteiger partial charge in [0.25, 0.3) is 0 Å². The number of rotatable bonds is 10. The summed E-state index contributed by atoms with van der Waals surface area (Å²) in [7, 11) is 0. The second-order valence-corrected chi connectivity index (χ2v) is 20.4. The van der Waals surface area contributed by atoms with Crippen LogP contribution in [0.4, 0.5) is 34.1 Å². The van der Waals surface area contributed by atoms with Crippen LogP contribution >= 0.6 is 0 Å². The molecule has 338 valence electrons. The van der Waals surface area contributed by atoms with E-state index in [1.54, 1.807) is 0 Å². The summed E-state index contributed by atoms with van der Waals surface area (Å²) in [5.74, 6) is 1.68. The van der Waals surface area contributed by atoms with Crippen molar-refractivity contribution in [3.05, 3.63) is 191 Å². The van der Waals surface area contributed by atoms with Gasteiger partial charge in [-0.05, 0) is 190 Å². The minimum absolute atomic E-state index is 0.419. The molecule has 9 aromatic carbocycles. The van der Waals surface area contributed by atoms with Crippen LogP contribution in [-0.2, 0) is 0 Å². The van der Waals surface area contributed by atoms with Gasteiger partial charge in [0.2, 0.25) is 0 Å². The average Bonchev–Trinajstić information content (AvgIpc) is 3.85. The van der Waals surface area contributed by atoms with Crippen LogP contribution in [0.25, 0.3) is 65.4 Å². The van der Waals surface area contributed by atoms with Crippen molar-refractivity contribution in [3.8, 4) is 0 Å². The Morgan fingerprint density at radius 1 is 0.309 bits per heavy atom. The molecule has 0 spiro atoms. The predicted molar refractivity (Wildman–Crippen MR) is 291 cm³/mol. The highest BCUT2D eigenvalue weighted by Gasteiger charge is 2.22. The lowest BCUT2D eigenvalue weighted by atomic mass is 9.98. The monoisotopic (exact) mass is 888 g/mol. The van der Waals surface area contributed by atoms with E-state index in [-0.39, 0.29) is 0 Å². The Bertz CT molecular complexity index is 3500. The summed E-state index contributed by atoms with van der Waals surface area (Å²) in [4.78, 5) is 4.85. The highest BCUT2D eigenvalue weighted by atomic mass is 16.3.